The normalized spacial score (nSPS) is 18.6. The molecular weight excluding hydrogens is 343 g/mol. The molecule has 5 nitrogen and oxygen atoms in total. The van der Waals surface area contributed by atoms with Crippen molar-refractivity contribution in [3.63, 3.8) is 0 Å². The minimum atomic E-state index is -5.08. The van der Waals surface area contributed by atoms with Crippen molar-refractivity contribution in [2.45, 2.75) is 31.4 Å². The molecule has 23 heavy (non-hydrogen) atoms. The maximum absolute atomic E-state index is 10.6. The van der Waals surface area contributed by atoms with E-state index < -0.39 is 12.1 Å². The van der Waals surface area contributed by atoms with Crippen LogP contribution in [0.1, 0.15) is 18.4 Å². The average Bonchev–Trinajstić information content (AvgIpc) is 2.47. The second-order valence-corrected chi connectivity index (χ2v) is 4.96. The number of hydrogen-bond acceptors (Lipinski definition) is 4. The second kappa shape index (κ2) is 8.53. The second-order valence-electron chi connectivity index (χ2n) is 4.96. The van der Waals surface area contributed by atoms with Crippen molar-refractivity contribution >= 4 is 5.97 Å². The summed E-state index contributed by atoms with van der Waals surface area (Å²) in [5.41, 5.74) is 1.15. The molecule has 0 unspecified atom stereocenters. The Balaban J connectivity index is 0.000000287. The van der Waals surface area contributed by atoms with E-state index in [2.05, 4.69) is 11.4 Å². The van der Waals surface area contributed by atoms with Gasteiger partial charge in [0, 0.05) is 69.2 Å². The van der Waals surface area contributed by atoms with E-state index in [1.165, 1.54) is 0 Å². The number of aliphatic carboxylic acids is 1. The molecule has 0 radical (unpaired) electrons. The van der Waals surface area contributed by atoms with Gasteiger partial charge in [-0.15, -0.1) is 0 Å². The van der Waals surface area contributed by atoms with Gasteiger partial charge in [0.05, 0.1) is 6.61 Å². The molecule has 1 fully saturated rings. The molecule has 1 spiro atoms. The summed E-state index contributed by atoms with van der Waals surface area (Å²) in [6, 6.07) is 8.12. The Hall–Kier alpha value is -0.540. The first-order valence-electron chi connectivity index (χ1n) is 6.74. The third-order valence-corrected chi connectivity index (χ3v) is 3.37. The fraction of sp³-hybridized carbons (Fsp3) is 0.500. The Morgan fingerprint density at radius 3 is 2.35 bits per heavy atom. The molecule has 0 saturated carbocycles. The number of carboxylic acid groups (broad SMARTS) is 1. The van der Waals surface area contributed by atoms with Gasteiger partial charge in [-0.3, -0.25) is 0 Å². The SMILES string of the molecule is O=C(O)C(F)(F)F.[Ar].c1ccc2c(c1)COC1(CCNCC1)O2. The Bertz CT molecular complexity index is 533. The molecule has 130 valence electrons. The zero-order valence-corrected chi connectivity index (χ0v) is 12.7. The maximum atomic E-state index is 10.6. The summed E-state index contributed by atoms with van der Waals surface area (Å²) in [7, 11) is 0. The van der Waals surface area contributed by atoms with Crippen LogP contribution in [-0.2, 0) is 16.1 Å². The van der Waals surface area contributed by atoms with Crippen LogP contribution in [0.3, 0.4) is 0 Å². The topological polar surface area (TPSA) is 67.8 Å². The van der Waals surface area contributed by atoms with E-state index >= 15 is 0 Å². The molecule has 2 N–H and O–H groups in total. The van der Waals surface area contributed by atoms with Crippen molar-refractivity contribution in [2.24, 2.45) is 0 Å². The number of benzene rings is 1. The zero-order chi connectivity index (χ0) is 16.2. The molecule has 0 bridgehead atoms. The van der Waals surface area contributed by atoms with Gasteiger partial charge in [-0.2, -0.15) is 13.2 Å². The molecule has 0 aliphatic carbocycles. The molecular formula is C14H16ArF3NO4. The number of rotatable bonds is 0. The van der Waals surface area contributed by atoms with Crippen LogP contribution >= 0.6 is 0 Å². The molecule has 1 saturated heterocycles. The third-order valence-electron chi connectivity index (χ3n) is 3.37. The van der Waals surface area contributed by atoms with E-state index in [0.717, 1.165) is 37.2 Å². The van der Waals surface area contributed by atoms with Crippen LogP contribution in [0.25, 0.3) is 0 Å². The summed E-state index contributed by atoms with van der Waals surface area (Å²) in [4.78, 5) is 8.90. The van der Waals surface area contributed by atoms with Gasteiger partial charge in [0.15, 0.2) is 0 Å². The predicted octanol–water partition coefficient (Wildman–Crippen LogP) is 2.31. The van der Waals surface area contributed by atoms with Gasteiger partial charge < -0.3 is 19.9 Å². The van der Waals surface area contributed by atoms with Crippen molar-refractivity contribution in [1.82, 2.24) is 5.32 Å². The summed E-state index contributed by atoms with van der Waals surface area (Å²) in [6.07, 6.45) is -3.22. The third kappa shape index (κ3) is 5.79. The van der Waals surface area contributed by atoms with Gasteiger partial charge in [-0.05, 0) is 6.07 Å². The monoisotopic (exact) mass is 359 g/mol. The van der Waals surface area contributed by atoms with Crippen LogP contribution in [0.5, 0.6) is 5.75 Å². The van der Waals surface area contributed by atoms with E-state index in [-0.39, 0.29) is 43.5 Å². The summed E-state index contributed by atoms with van der Waals surface area (Å²) < 4.78 is 43.6. The van der Waals surface area contributed by atoms with Crippen molar-refractivity contribution < 1.29 is 70.3 Å². The van der Waals surface area contributed by atoms with Crippen molar-refractivity contribution in [3.05, 3.63) is 29.8 Å². The van der Waals surface area contributed by atoms with Gasteiger partial charge >= 0.3 is 12.1 Å². The number of carboxylic acids is 1. The van der Waals surface area contributed by atoms with Gasteiger partial charge in [0.1, 0.15) is 5.75 Å². The van der Waals surface area contributed by atoms with E-state index in [0.29, 0.717) is 6.61 Å². The number of nitrogens with one attached hydrogen (secondary N) is 1. The minimum Gasteiger partial charge on any atom is -0.475 e. The van der Waals surface area contributed by atoms with Crippen molar-refractivity contribution in [1.29, 1.82) is 0 Å². The first-order valence-corrected chi connectivity index (χ1v) is 6.74. The molecule has 1 aromatic rings. The standard InChI is InChI=1S/C12H15NO2.C2HF3O2.Ar/c1-2-4-11-10(3-1)9-14-12(15-11)5-7-13-8-6-12;3-2(4,5)1(6)7;/h1-4,13H,5-9H2;(H,6,7);. The zero-order valence-electron chi connectivity index (χ0n) is 12.0. The molecule has 2 aliphatic heterocycles. The number of ether oxygens (including phenoxy) is 2. The summed E-state index contributed by atoms with van der Waals surface area (Å²) in [6.45, 7) is 2.63. The molecule has 0 amide bonds. The molecule has 0 aromatic heterocycles. The van der Waals surface area contributed by atoms with Crippen LogP contribution in [0, 0.1) is 37.7 Å². The van der Waals surface area contributed by atoms with Crippen molar-refractivity contribution in [3.8, 4) is 5.75 Å². The first kappa shape index (κ1) is 20.5. The average molecular weight is 359 g/mol. The van der Waals surface area contributed by atoms with E-state index in [4.69, 9.17) is 19.4 Å². The van der Waals surface area contributed by atoms with Crippen LogP contribution in [0.2, 0.25) is 0 Å². The minimum absolute atomic E-state index is 0. The number of piperidine rings is 1. The van der Waals surface area contributed by atoms with Gasteiger partial charge in [-0.25, -0.2) is 4.79 Å². The number of halogens is 3. The van der Waals surface area contributed by atoms with E-state index in [1.807, 2.05) is 18.2 Å². The van der Waals surface area contributed by atoms with Crippen LogP contribution in [0.4, 0.5) is 13.2 Å². The quantitative estimate of drug-likeness (QED) is 0.744. The van der Waals surface area contributed by atoms with Gasteiger partial charge in [0.2, 0.25) is 5.79 Å². The Kier molecular flexibility index (Phi) is 7.60. The van der Waals surface area contributed by atoms with Crippen LogP contribution in [0.15, 0.2) is 24.3 Å². The number of alkyl halides is 3. The Labute approximate surface area is 161 Å². The van der Waals surface area contributed by atoms with E-state index in [9.17, 15) is 13.2 Å². The Morgan fingerprint density at radius 1 is 1.22 bits per heavy atom. The summed E-state index contributed by atoms with van der Waals surface area (Å²) in [5.74, 6) is -2.13. The maximum Gasteiger partial charge on any atom is 0.490 e. The first-order chi connectivity index (χ1) is 10.3. The fourth-order valence-electron chi connectivity index (χ4n) is 2.22. The molecule has 0 atom stereocenters. The molecule has 2 aliphatic rings. The largest absolute Gasteiger partial charge is 0.490 e. The summed E-state index contributed by atoms with van der Waals surface area (Å²) >= 11 is 0. The van der Waals surface area contributed by atoms with Gasteiger partial charge in [-0.1, -0.05) is 18.2 Å². The van der Waals surface area contributed by atoms with Gasteiger partial charge in [0.25, 0.3) is 0 Å². The number of para-hydroxylation sites is 1. The number of carbonyl (C=O) groups is 1. The molecule has 2 heterocycles. The van der Waals surface area contributed by atoms with E-state index in [1.54, 1.807) is 0 Å². The van der Waals surface area contributed by atoms with Crippen LogP contribution < -0.4 is 10.1 Å². The number of hydrogen-bond donors (Lipinski definition) is 2. The summed E-state index contributed by atoms with van der Waals surface area (Å²) in [5, 5.41) is 10.4. The molecule has 1 aromatic carbocycles. The Morgan fingerprint density at radius 2 is 1.78 bits per heavy atom. The molecule has 9 heteroatoms. The number of fused-ring (bicyclic) bond motifs is 1. The van der Waals surface area contributed by atoms with Crippen molar-refractivity contribution in [2.75, 3.05) is 13.1 Å². The van der Waals surface area contributed by atoms with Crippen LogP contribution in [-0.4, -0.2) is 36.1 Å². The molecule has 3 rings (SSSR count). The smallest absolute Gasteiger partial charge is 0.475 e. The predicted molar refractivity (Wildman–Crippen MR) is 70.4 cm³/mol. The fourth-order valence-corrected chi connectivity index (χ4v) is 2.22.